The fraction of sp³-hybridized carbons (Fsp3) is 0.514. The van der Waals surface area contributed by atoms with Gasteiger partial charge >= 0.3 is 0 Å². The monoisotopic (exact) mass is 674 g/mol. The number of ether oxygens (including phenoxy) is 9. The number of hydrogen-bond acceptors (Lipinski definition) is 9. The zero-order chi connectivity index (χ0) is 32.9. The fourth-order valence-corrected chi connectivity index (χ4v) is 4.83. The maximum atomic E-state index is 6.72. The molecule has 0 unspecified atom stereocenters. The van der Waals surface area contributed by atoms with Crippen LogP contribution in [0, 0.1) is 0 Å². The van der Waals surface area contributed by atoms with E-state index in [4.69, 9.17) is 54.2 Å². The van der Waals surface area contributed by atoms with Gasteiger partial charge in [0, 0.05) is 5.88 Å². The molecule has 9 nitrogen and oxygen atoms in total. The Morgan fingerprint density at radius 2 is 0.553 bits per heavy atom. The van der Waals surface area contributed by atoms with Crippen LogP contribution in [0.2, 0.25) is 0 Å². The molecule has 0 atom stereocenters. The number of benzene rings is 3. The van der Waals surface area contributed by atoms with Crippen molar-refractivity contribution in [1.82, 2.24) is 0 Å². The number of alkyl halides is 1. The summed E-state index contributed by atoms with van der Waals surface area (Å²) in [7, 11) is 0. The first-order chi connectivity index (χ1) is 23.4. The molecule has 0 saturated heterocycles. The standard InChI is InChI=1S/C37H51ClO9/c38-16-17-39-18-19-40-20-21-41-22-23-42-24-25-43-26-27-44-28-29-45-30-31-46-32-33-47-37(34-10-4-1-5-11-34,35-12-6-2-7-13-35)36-14-8-3-9-15-36/h1-15H,16-33H2. The zero-order valence-electron chi connectivity index (χ0n) is 27.4. The van der Waals surface area contributed by atoms with E-state index in [9.17, 15) is 0 Å². The van der Waals surface area contributed by atoms with Gasteiger partial charge in [0.2, 0.25) is 0 Å². The molecular weight excluding hydrogens is 624 g/mol. The summed E-state index contributed by atoms with van der Waals surface area (Å²) < 4.78 is 50.8. The van der Waals surface area contributed by atoms with Crippen LogP contribution in [-0.4, -0.2) is 118 Å². The van der Waals surface area contributed by atoms with Crippen LogP contribution in [0.3, 0.4) is 0 Å². The Bertz CT molecular complexity index is 1010. The molecule has 0 aliphatic heterocycles. The largest absolute Gasteiger partial charge is 0.378 e. The quantitative estimate of drug-likeness (QED) is 0.0527. The molecule has 10 heteroatoms. The molecule has 0 amide bonds. The lowest BCUT2D eigenvalue weighted by molar-refractivity contribution is -0.0398. The van der Waals surface area contributed by atoms with E-state index < -0.39 is 5.60 Å². The lowest BCUT2D eigenvalue weighted by Crippen LogP contribution is -2.34. The Kier molecular flexibility index (Phi) is 22.0. The Morgan fingerprint density at radius 1 is 0.319 bits per heavy atom. The Labute approximate surface area is 285 Å². The Morgan fingerprint density at radius 3 is 0.809 bits per heavy atom. The van der Waals surface area contributed by atoms with E-state index in [-0.39, 0.29) is 0 Å². The molecule has 3 aromatic carbocycles. The van der Waals surface area contributed by atoms with E-state index in [0.29, 0.717) is 118 Å². The average Bonchev–Trinajstić information content (AvgIpc) is 3.12. The van der Waals surface area contributed by atoms with Gasteiger partial charge in [-0.05, 0) is 16.7 Å². The van der Waals surface area contributed by atoms with E-state index in [1.165, 1.54) is 0 Å². The molecule has 0 bridgehead atoms. The highest BCUT2D eigenvalue weighted by molar-refractivity contribution is 6.17. The van der Waals surface area contributed by atoms with Crippen LogP contribution < -0.4 is 0 Å². The van der Waals surface area contributed by atoms with Crippen molar-refractivity contribution in [3.63, 3.8) is 0 Å². The first-order valence-corrected chi connectivity index (χ1v) is 16.9. The maximum absolute atomic E-state index is 6.72. The van der Waals surface area contributed by atoms with E-state index >= 15 is 0 Å². The number of hydrogen-bond donors (Lipinski definition) is 0. The van der Waals surface area contributed by atoms with Gasteiger partial charge in [0.1, 0.15) is 5.60 Å². The fourth-order valence-electron chi connectivity index (χ4n) is 4.72. The number of halogens is 1. The summed E-state index contributed by atoms with van der Waals surface area (Å²) in [6.07, 6.45) is 0. The second-order valence-corrected chi connectivity index (χ2v) is 10.6. The van der Waals surface area contributed by atoms with Crippen molar-refractivity contribution in [2.24, 2.45) is 0 Å². The van der Waals surface area contributed by atoms with E-state index in [2.05, 4.69) is 36.4 Å². The molecule has 260 valence electrons. The minimum absolute atomic E-state index is 0.420. The van der Waals surface area contributed by atoms with Gasteiger partial charge < -0.3 is 42.6 Å². The third-order valence-corrected chi connectivity index (χ3v) is 7.07. The minimum atomic E-state index is -0.746. The average molecular weight is 675 g/mol. The van der Waals surface area contributed by atoms with Crippen molar-refractivity contribution in [1.29, 1.82) is 0 Å². The molecule has 3 aromatic rings. The predicted molar refractivity (Wildman–Crippen MR) is 182 cm³/mol. The summed E-state index contributed by atoms with van der Waals surface area (Å²) in [6.45, 7) is 8.58. The second-order valence-electron chi connectivity index (χ2n) is 10.2. The molecule has 0 aliphatic carbocycles. The summed E-state index contributed by atoms with van der Waals surface area (Å²) in [6, 6.07) is 31.0. The van der Waals surface area contributed by atoms with Crippen LogP contribution in [0.1, 0.15) is 16.7 Å². The molecule has 0 aromatic heterocycles. The molecule has 3 rings (SSSR count). The summed E-state index contributed by atoms with van der Waals surface area (Å²) in [5.74, 6) is 0.497. The van der Waals surface area contributed by atoms with E-state index in [0.717, 1.165) is 16.7 Å². The minimum Gasteiger partial charge on any atom is -0.378 e. The second kappa shape index (κ2) is 26.5. The summed E-state index contributed by atoms with van der Waals surface area (Å²) in [5, 5.41) is 0. The molecule has 0 spiro atoms. The van der Waals surface area contributed by atoms with Crippen LogP contribution >= 0.6 is 11.6 Å². The van der Waals surface area contributed by atoms with Gasteiger partial charge in [-0.3, -0.25) is 0 Å². The van der Waals surface area contributed by atoms with Gasteiger partial charge in [0.25, 0.3) is 0 Å². The van der Waals surface area contributed by atoms with Crippen molar-refractivity contribution >= 4 is 11.6 Å². The molecule has 0 aliphatic rings. The van der Waals surface area contributed by atoms with Gasteiger partial charge in [-0.2, -0.15) is 0 Å². The lowest BCUT2D eigenvalue weighted by atomic mass is 9.80. The smallest absolute Gasteiger partial charge is 0.143 e. The predicted octanol–water partition coefficient (Wildman–Crippen LogP) is 5.37. The van der Waals surface area contributed by atoms with E-state index in [1.54, 1.807) is 0 Å². The van der Waals surface area contributed by atoms with Gasteiger partial charge in [0.15, 0.2) is 0 Å². The van der Waals surface area contributed by atoms with Crippen molar-refractivity contribution in [2.75, 3.05) is 118 Å². The van der Waals surface area contributed by atoms with Crippen LogP contribution in [0.25, 0.3) is 0 Å². The van der Waals surface area contributed by atoms with Gasteiger partial charge in [-0.15, -0.1) is 11.6 Å². The number of rotatable bonds is 30. The van der Waals surface area contributed by atoms with Crippen molar-refractivity contribution in [2.45, 2.75) is 5.60 Å². The van der Waals surface area contributed by atoms with Crippen LogP contribution in [-0.2, 0) is 48.2 Å². The summed E-state index contributed by atoms with van der Waals surface area (Å²) in [5.41, 5.74) is 2.46. The summed E-state index contributed by atoms with van der Waals surface area (Å²) >= 11 is 5.53. The molecule has 47 heavy (non-hydrogen) atoms. The third-order valence-electron chi connectivity index (χ3n) is 6.91. The molecule has 0 N–H and O–H groups in total. The van der Waals surface area contributed by atoms with Crippen LogP contribution in [0.5, 0.6) is 0 Å². The molecule has 0 radical (unpaired) electrons. The summed E-state index contributed by atoms with van der Waals surface area (Å²) in [4.78, 5) is 0. The van der Waals surface area contributed by atoms with E-state index in [1.807, 2.05) is 54.6 Å². The van der Waals surface area contributed by atoms with Gasteiger partial charge in [0.05, 0.1) is 112 Å². The highest BCUT2D eigenvalue weighted by Crippen LogP contribution is 2.40. The third kappa shape index (κ3) is 16.0. The SMILES string of the molecule is ClCCOCCOCCOCCOCCOCCOCCOCCOCCOC(c1ccccc1)(c1ccccc1)c1ccccc1. The topological polar surface area (TPSA) is 83.1 Å². The molecular formula is C37H51ClO9. The molecule has 0 fully saturated rings. The normalized spacial score (nSPS) is 11.7. The highest BCUT2D eigenvalue weighted by atomic mass is 35.5. The van der Waals surface area contributed by atoms with Crippen molar-refractivity contribution < 1.29 is 42.6 Å². The van der Waals surface area contributed by atoms with Crippen LogP contribution in [0.4, 0.5) is 0 Å². The molecule has 0 heterocycles. The maximum Gasteiger partial charge on any atom is 0.143 e. The van der Waals surface area contributed by atoms with Crippen LogP contribution in [0.15, 0.2) is 91.0 Å². The Hall–Kier alpha value is -2.41. The highest BCUT2D eigenvalue weighted by Gasteiger charge is 2.37. The van der Waals surface area contributed by atoms with Gasteiger partial charge in [-0.1, -0.05) is 91.0 Å². The lowest BCUT2D eigenvalue weighted by Gasteiger charge is -2.36. The zero-order valence-corrected chi connectivity index (χ0v) is 28.2. The molecule has 0 saturated carbocycles. The first kappa shape index (κ1) is 39.0. The van der Waals surface area contributed by atoms with Crippen molar-refractivity contribution in [3.05, 3.63) is 108 Å². The Balaban J connectivity index is 1.16. The van der Waals surface area contributed by atoms with Crippen molar-refractivity contribution in [3.8, 4) is 0 Å². The first-order valence-electron chi connectivity index (χ1n) is 16.4. The van der Waals surface area contributed by atoms with Gasteiger partial charge in [-0.25, -0.2) is 0 Å².